The molecule has 0 bridgehead atoms. The van der Waals surface area contributed by atoms with Crippen LogP contribution in [-0.2, 0) is 14.5 Å². The van der Waals surface area contributed by atoms with Gasteiger partial charge in [-0.1, -0.05) is 0 Å². The Labute approximate surface area is 186 Å². The molecule has 3 rings (SSSR count). The highest BCUT2D eigenvalue weighted by Crippen LogP contribution is 2.33. The van der Waals surface area contributed by atoms with E-state index in [1.807, 2.05) is 13.0 Å². The van der Waals surface area contributed by atoms with Gasteiger partial charge in [0.25, 0.3) is 5.91 Å². The van der Waals surface area contributed by atoms with Crippen molar-refractivity contribution in [3.63, 3.8) is 0 Å². The van der Waals surface area contributed by atoms with E-state index in [1.165, 1.54) is 30.8 Å². The van der Waals surface area contributed by atoms with Crippen LogP contribution in [0.1, 0.15) is 19.4 Å². The number of carbonyl (C=O) groups excluding carboxylic acids is 1. The molecule has 3 aromatic rings. The second-order valence-electron chi connectivity index (χ2n) is 7.44. The van der Waals surface area contributed by atoms with Gasteiger partial charge in [-0.05, 0) is 56.5 Å². The van der Waals surface area contributed by atoms with E-state index in [0.29, 0.717) is 29.3 Å². The Hall–Kier alpha value is -3.40. The molecule has 0 spiro atoms. The zero-order valence-corrected chi connectivity index (χ0v) is 19.2. The number of rotatable bonds is 8. The first-order valence-corrected chi connectivity index (χ1v) is 12.1. The van der Waals surface area contributed by atoms with Crippen molar-refractivity contribution in [1.29, 1.82) is 0 Å². The molecule has 0 fully saturated rings. The van der Waals surface area contributed by atoms with Crippen molar-refractivity contribution in [3.8, 4) is 5.75 Å². The maximum Gasteiger partial charge on any atom is 0.260 e. The number of hydrogen-bond acceptors (Lipinski definition) is 6. The highest BCUT2D eigenvalue weighted by molar-refractivity contribution is 8.00. The molecule has 0 aliphatic rings. The zero-order chi connectivity index (χ0) is 23.5. The van der Waals surface area contributed by atoms with Crippen LogP contribution in [-0.4, -0.2) is 44.9 Å². The van der Waals surface area contributed by atoms with Gasteiger partial charge in [0.15, 0.2) is 6.10 Å². The van der Waals surface area contributed by atoms with Crippen molar-refractivity contribution in [1.82, 2.24) is 15.3 Å². The molecule has 0 aliphatic carbocycles. The van der Waals surface area contributed by atoms with Crippen LogP contribution >= 0.6 is 0 Å². The van der Waals surface area contributed by atoms with Crippen molar-refractivity contribution >= 4 is 49.6 Å². The van der Waals surface area contributed by atoms with Gasteiger partial charge in [0.1, 0.15) is 23.7 Å². The molecule has 2 atom stereocenters. The van der Waals surface area contributed by atoms with Crippen molar-refractivity contribution in [2.75, 3.05) is 22.8 Å². The molecule has 0 saturated heterocycles. The first-order valence-electron chi connectivity index (χ1n) is 9.93. The largest absolute Gasteiger partial charge is 0.479 e. The quantitative estimate of drug-likeness (QED) is 0.446. The highest BCUT2D eigenvalue weighted by atomic mass is 32.2. The number of likely N-dealkylation sites (N-methyl/N-ethyl adjacent to an activating group) is 1. The monoisotopic (exact) mass is 459 g/mol. The summed E-state index contributed by atoms with van der Waals surface area (Å²) in [5.41, 5.74) is 2.52. The standard InChI is InChI=1S/C22H26FN5O3S/c1-6-24-22(29)14(3)31-19-10-15(23)7-8-17(19)27-21-20-13(2)9-16(28-32(4,5)30)11-18(20)25-12-26-21/h7-12,14H,4,6H2,1-3,5H3,(H,24,29)(H,28,30)(H,25,26,27). The molecule has 170 valence electrons. The maximum atomic E-state index is 13.9. The van der Waals surface area contributed by atoms with Crippen LogP contribution in [0.4, 0.5) is 21.6 Å². The summed E-state index contributed by atoms with van der Waals surface area (Å²) in [6, 6.07) is 7.59. The van der Waals surface area contributed by atoms with E-state index < -0.39 is 21.6 Å². The zero-order valence-electron chi connectivity index (χ0n) is 18.4. The van der Waals surface area contributed by atoms with E-state index in [-0.39, 0.29) is 11.7 Å². The van der Waals surface area contributed by atoms with E-state index in [9.17, 15) is 13.4 Å². The van der Waals surface area contributed by atoms with Crippen molar-refractivity contribution in [2.24, 2.45) is 0 Å². The fourth-order valence-corrected chi connectivity index (χ4v) is 3.80. The number of fused-ring (bicyclic) bond motifs is 1. The summed E-state index contributed by atoms with van der Waals surface area (Å²) in [5, 5.41) is 6.57. The minimum atomic E-state index is -2.45. The van der Waals surface area contributed by atoms with Gasteiger partial charge in [0.2, 0.25) is 0 Å². The third kappa shape index (κ3) is 5.64. The number of nitrogens with one attached hydrogen (secondary N) is 3. The summed E-state index contributed by atoms with van der Waals surface area (Å²) >= 11 is 0. The smallest absolute Gasteiger partial charge is 0.260 e. The third-order valence-electron chi connectivity index (χ3n) is 4.49. The fraction of sp³-hybridized carbons (Fsp3) is 0.273. The lowest BCUT2D eigenvalue weighted by Gasteiger charge is -2.18. The molecular formula is C22H26FN5O3S. The Bertz CT molecular complexity index is 1260. The molecule has 1 amide bonds. The van der Waals surface area contributed by atoms with Crippen molar-refractivity contribution in [2.45, 2.75) is 26.9 Å². The van der Waals surface area contributed by atoms with Crippen molar-refractivity contribution in [3.05, 3.63) is 48.0 Å². The van der Waals surface area contributed by atoms with Gasteiger partial charge in [0, 0.05) is 39.6 Å². The predicted octanol–water partition coefficient (Wildman–Crippen LogP) is 3.40. The van der Waals surface area contributed by atoms with Crippen LogP contribution in [0.5, 0.6) is 5.75 Å². The Kier molecular flexibility index (Phi) is 6.83. The van der Waals surface area contributed by atoms with E-state index in [4.69, 9.17) is 4.74 Å². The van der Waals surface area contributed by atoms with Crippen LogP contribution in [0.2, 0.25) is 0 Å². The molecule has 3 N–H and O–H groups in total. The Morgan fingerprint density at radius 2 is 2.03 bits per heavy atom. The van der Waals surface area contributed by atoms with Crippen molar-refractivity contribution < 1.29 is 18.1 Å². The van der Waals surface area contributed by atoms with Crippen LogP contribution < -0.4 is 20.1 Å². The Balaban J connectivity index is 1.98. The van der Waals surface area contributed by atoms with Crippen LogP contribution in [0.15, 0.2) is 36.7 Å². The van der Waals surface area contributed by atoms with Crippen LogP contribution in [0.3, 0.4) is 0 Å². The number of hydrogen-bond donors (Lipinski definition) is 3. The second-order valence-corrected chi connectivity index (χ2v) is 9.65. The average molecular weight is 460 g/mol. The molecule has 2 aromatic carbocycles. The van der Waals surface area contributed by atoms with Crippen LogP contribution in [0, 0.1) is 12.7 Å². The Morgan fingerprint density at radius 1 is 1.28 bits per heavy atom. The number of halogens is 1. The molecule has 1 heterocycles. The van der Waals surface area contributed by atoms with Gasteiger partial charge in [-0.3, -0.25) is 4.79 Å². The molecule has 2 unspecified atom stereocenters. The molecule has 1 aromatic heterocycles. The Morgan fingerprint density at radius 3 is 2.72 bits per heavy atom. The van der Waals surface area contributed by atoms with Gasteiger partial charge in [-0.15, -0.1) is 0 Å². The third-order valence-corrected chi connectivity index (χ3v) is 5.16. The summed E-state index contributed by atoms with van der Waals surface area (Å²) < 4.78 is 34.5. The van der Waals surface area contributed by atoms with Gasteiger partial charge in [0.05, 0.1) is 11.2 Å². The summed E-state index contributed by atoms with van der Waals surface area (Å²) in [4.78, 5) is 20.7. The lowest BCUT2D eigenvalue weighted by molar-refractivity contribution is -0.127. The number of nitrogens with zero attached hydrogens (tertiary/aromatic N) is 2. The summed E-state index contributed by atoms with van der Waals surface area (Å²) in [6.45, 7) is 5.73. The van der Waals surface area contributed by atoms with Gasteiger partial charge >= 0.3 is 0 Å². The number of benzene rings is 2. The number of amides is 1. The number of anilines is 3. The number of carbonyl (C=O) groups is 1. The summed E-state index contributed by atoms with van der Waals surface area (Å²) in [5.74, 6) is 3.47. The number of aryl methyl sites for hydroxylation is 1. The fourth-order valence-electron chi connectivity index (χ4n) is 3.18. The second kappa shape index (κ2) is 9.39. The minimum absolute atomic E-state index is 0.175. The van der Waals surface area contributed by atoms with E-state index in [1.54, 1.807) is 19.9 Å². The van der Waals surface area contributed by atoms with Gasteiger partial charge in [-0.2, -0.15) is 0 Å². The number of ether oxygens (including phenoxy) is 1. The molecule has 8 nitrogen and oxygen atoms in total. The predicted molar refractivity (Wildman–Crippen MR) is 128 cm³/mol. The number of aromatic nitrogens is 2. The topological polar surface area (TPSA) is 105 Å². The molecule has 0 aliphatic heterocycles. The lowest BCUT2D eigenvalue weighted by Crippen LogP contribution is -2.36. The summed E-state index contributed by atoms with van der Waals surface area (Å²) in [7, 11) is -2.45. The average Bonchev–Trinajstić information content (AvgIpc) is 2.68. The SMILES string of the molecule is C=S(C)(=O)Nc1cc(C)c2c(Nc3ccc(F)cc3OC(C)C(=O)NCC)ncnc2c1. The van der Waals surface area contributed by atoms with Crippen LogP contribution in [0.25, 0.3) is 10.9 Å². The van der Waals surface area contributed by atoms with E-state index in [0.717, 1.165) is 10.9 Å². The van der Waals surface area contributed by atoms with Gasteiger partial charge < -0.3 is 20.1 Å². The molecule has 0 radical (unpaired) electrons. The molecule has 32 heavy (non-hydrogen) atoms. The van der Waals surface area contributed by atoms with E-state index in [2.05, 4.69) is 31.2 Å². The first kappa shape index (κ1) is 23.3. The lowest BCUT2D eigenvalue weighted by atomic mass is 10.1. The van der Waals surface area contributed by atoms with E-state index >= 15 is 0 Å². The minimum Gasteiger partial charge on any atom is -0.479 e. The summed E-state index contributed by atoms with van der Waals surface area (Å²) in [6.07, 6.45) is 2.08. The molecule has 0 saturated carbocycles. The van der Waals surface area contributed by atoms with Gasteiger partial charge in [-0.25, -0.2) is 18.6 Å². The highest BCUT2D eigenvalue weighted by Gasteiger charge is 2.18. The molecular weight excluding hydrogens is 433 g/mol. The first-order chi connectivity index (χ1) is 15.1. The molecule has 10 heteroatoms. The normalized spacial score (nSPS) is 13.8. The maximum absolute atomic E-state index is 13.9.